The van der Waals surface area contributed by atoms with Crippen molar-refractivity contribution in [2.24, 2.45) is 11.6 Å². The predicted molar refractivity (Wildman–Crippen MR) is 58.2 cm³/mol. The van der Waals surface area contributed by atoms with Crippen LogP contribution in [0.15, 0.2) is 18.3 Å². The highest BCUT2D eigenvalue weighted by molar-refractivity contribution is 5.98. The fraction of sp³-hybridized carbons (Fsp3) is 0.222. The number of hydrazine groups is 1. The quantitative estimate of drug-likeness (QED) is 0.375. The third kappa shape index (κ3) is 3.21. The maximum atomic E-state index is 11.6. The van der Waals surface area contributed by atoms with E-state index in [2.05, 4.69) is 15.7 Å². The molecule has 0 aliphatic carbocycles. The van der Waals surface area contributed by atoms with E-state index in [0.717, 1.165) is 0 Å². The van der Waals surface area contributed by atoms with Gasteiger partial charge in [-0.1, -0.05) is 0 Å². The van der Waals surface area contributed by atoms with E-state index in [9.17, 15) is 9.59 Å². The first-order chi connectivity index (χ1) is 7.65. The number of nitrogen functional groups attached to an aromatic ring is 1. The molecule has 0 aromatic carbocycles. The normalized spacial score (nSPS) is 9.56. The third-order valence-electron chi connectivity index (χ3n) is 1.85. The Hall–Kier alpha value is -2.15. The summed E-state index contributed by atoms with van der Waals surface area (Å²) in [6, 6.07) is 3.19. The summed E-state index contributed by atoms with van der Waals surface area (Å²) in [6.07, 6.45) is 1.60. The van der Waals surface area contributed by atoms with Crippen LogP contribution in [-0.2, 0) is 4.79 Å². The highest BCUT2D eigenvalue weighted by Gasteiger charge is 2.10. The molecule has 1 aromatic rings. The van der Waals surface area contributed by atoms with Gasteiger partial charge in [-0.2, -0.15) is 0 Å². The molecule has 0 fully saturated rings. The molecular formula is C9H13N5O2. The Morgan fingerprint density at radius 1 is 1.44 bits per heavy atom. The maximum absolute atomic E-state index is 11.6. The second kappa shape index (κ2) is 5.66. The van der Waals surface area contributed by atoms with Crippen LogP contribution in [0.4, 0.5) is 5.82 Å². The number of carbonyl (C=O) groups is 2. The summed E-state index contributed by atoms with van der Waals surface area (Å²) in [4.78, 5) is 25.9. The zero-order valence-corrected chi connectivity index (χ0v) is 8.56. The second-order valence-corrected chi connectivity index (χ2v) is 3.02. The van der Waals surface area contributed by atoms with Crippen molar-refractivity contribution in [1.29, 1.82) is 0 Å². The van der Waals surface area contributed by atoms with E-state index in [1.165, 1.54) is 6.20 Å². The van der Waals surface area contributed by atoms with Crippen LogP contribution in [0.5, 0.6) is 0 Å². The molecule has 6 N–H and O–H groups in total. The number of carbonyl (C=O) groups excluding carboxylic acids is 2. The monoisotopic (exact) mass is 223 g/mol. The smallest absolute Gasteiger partial charge is 0.255 e. The highest BCUT2D eigenvalue weighted by Crippen LogP contribution is 2.08. The summed E-state index contributed by atoms with van der Waals surface area (Å²) in [6.45, 7) is 0.188. The van der Waals surface area contributed by atoms with E-state index in [-0.39, 0.29) is 24.7 Å². The van der Waals surface area contributed by atoms with Crippen LogP contribution in [0.3, 0.4) is 0 Å². The van der Waals surface area contributed by atoms with Gasteiger partial charge in [0.05, 0.1) is 5.56 Å². The number of nitrogens with one attached hydrogen (secondary N) is 2. The average Bonchev–Trinajstić information content (AvgIpc) is 2.28. The first-order valence-electron chi connectivity index (χ1n) is 4.63. The van der Waals surface area contributed by atoms with E-state index >= 15 is 0 Å². The Morgan fingerprint density at radius 2 is 2.19 bits per heavy atom. The lowest BCUT2D eigenvalue weighted by atomic mass is 10.2. The van der Waals surface area contributed by atoms with Crippen molar-refractivity contribution < 1.29 is 9.59 Å². The molecule has 0 unspecified atom stereocenters. The van der Waals surface area contributed by atoms with Crippen molar-refractivity contribution >= 4 is 17.6 Å². The molecule has 1 rings (SSSR count). The van der Waals surface area contributed by atoms with Gasteiger partial charge in [-0.3, -0.25) is 9.59 Å². The third-order valence-corrected chi connectivity index (χ3v) is 1.85. The topological polar surface area (TPSA) is 123 Å². The van der Waals surface area contributed by atoms with Gasteiger partial charge in [0.2, 0.25) is 5.91 Å². The summed E-state index contributed by atoms with van der Waals surface area (Å²) in [5, 5.41) is 2.53. The molecule has 86 valence electrons. The zero-order valence-electron chi connectivity index (χ0n) is 8.56. The van der Waals surface area contributed by atoms with Gasteiger partial charge in [-0.05, 0) is 12.1 Å². The SMILES string of the molecule is NNc1ncccc1C(=O)NCCC(N)=O. The van der Waals surface area contributed by atoms with E-state index in [4.69, 9.17) is 11.6 Å². The number of rotatable bonds is 5. The van der Waals surface area contributed by atoms with Crippen LogP contribution >= 0.6 is 0 Å². The molecule has 0 spiro atoms. The fourth-order valence-corrected chi connectivity index (χ4v) is 1.10. The van der Waals surface area contributed by atoms with Crippen molar-refractivity contribution in [2.75, 3.05) is 12.0 Å². The van der Waals surface area contributed by atoms with Crippen molar-refractivity contribution in [1.82, 2.24) is 10.3 Å². The lowest BCUT2D eigenvalue weighted by molar-refractivity contribution is -0.117. The van der Waals surface area contributed by atoms with Crippen LogP contribution in [0.25, 0.3) is 0 Å². The number of pyridine rings is 1. The van der Waals surface area contributed by atoms with Crippen LogP contribution in [0.2, 0.25) is 0 Å². The number of nitrogens with zero attached hydrogens (tertiary/aromatic N) is 1. The van der Waals surface area contributed by atoms with Crippen LogP contribution in [0, 0.1) is 0 Å². The van der Waals surface area contributed by atoms with Gasteiger partial charge in [-0.25, -0.2) is 10.8 Å². The number of primary amides is 1. The molecule has 7 heteroatoms. The molecule has 0 saturated carbocycles. The summed E-state index contributed by atoms with van der Waals surface area (Å²) in [5.41, 5.74) is 7.56. The van der Waals surface area contributed by atoms with Crippen LogP contribution in [-0.4, -0.2) is 23.3 Å². The highest BCUT2D eigenvalue weighted by atomic mass is 16.2. The Balaban J connectivity index is 2.62. The zero-order chi connectivity index (χ0) is 12.0. The number of aromatic nitrogens is 1. The van der Waals surface area contributed by atoms with Gasteiger partial charge >= 0.3 is 0 Å². The van der Waals surface area contributed by atoms with E-state index in [1.807, 2.05) is 0 Å². The molecule has 7 nitrogen and oxygen atoms in total. The Kier molecular flexibility index (Phi) is 4.22. The van der Waals surface area contributed by atoms with Gasteiger partial charge in [0, 0.05) is 19.2 Å². The summed E-state index contributed by atoms with van der Waals surface area (Å²) >= 11 is 0. The fourth-order valence-electron chi connectivity index (χ4n) is 1.10. The number of nitrogens with two attached hydrogens (primary N) is 2. The first-order valence-corrected chi connectivity index (χ1v) is 4.63. The maximum Gasteiger partial charge on any atom is 0.255 e. The summed E-state index contributed by atoms with van der Waals surface area (Å²) < 4.78 is 0. The van der Waals surface area contributed by atoms with Gasteiger partial charge in [0.15, 0.2) is 5.82 Å². The molecular weight excluding hydrogens is 210 g/mol. The molecule has 0 radical (unpaired) electrons. The van der Waals surface area contributed by atoms with E-state index < -0.39 is 5.91 Å². The van der Waals surface area contributed by atoms with Gasteiger partial charge < -0.3 is 16.5 Å². The molecule has 16 heavy (non-hydrogen) atoms. The van der Waals surface area contributed by atoms with Crippen molar-refractivity contribution in [3.8, 4) is 0 Å². The average molecular weight is 223 g/mol. The minimum Gasteiger partial charge on any atom is -0.370 e. The number of amides is 2. The molecule has 2 amide bonds. The van der Waals surface area contributed by atoms with E-state index in [1.54, 1.807) is 12.1 Å². The first kappa shape index (κ1) is 11.9. The molecule has 0 atom stereocenters. The lowest BCUT2D eigenvalue weighted by Crippen LogP contribution is -2.29. The summed E-state index contributed by atoms with van der Waals surface area (Å²) in [7, 11) is 0. The minimum absolute atomic E-state index is 0.0946. The largest absolute Gasteiger partial charge is 0.370 e. The minimum atomic E-state index is -0.469. The van der Waals surface area contributed by atoms with Crippen molar-refractivity contribution in [2.45, 2.75) is 6.42 Å². The Morgan fingerprint density at radius 3 is 2.81 bits per heavy atom. The van der Waals surface area contributed by atoms with Crippen molar-refractivity contribution in [3.05, 3.63) is 23.9 Å². The molecule has 0 bridgehead atoms. The van der Waals surface area contributed by atoms with Gasteiger partial charge in [0.25, 0.3) is 5.91 Å². The lowest BCUT2D eigenvalue weighted by Gasteiger charge is -2.07. The van der Waals surface area contributed by atoms with Crippen LogP contribution < -0.4 is 22.3 Å². The van der Waals surface area contributed by atoms with Crippen molar-refractivity contribution in [3.63, 3.8) is 0 Å². The Bertz CT molecular complexity index is 393. The van der Waals surface area contributed by atoms with Gasteiger partial charge in [-0.15, -0.1) is 0 Å². The van der Waals surface area contributed by atoms with Gasteiger partial charge in [0.1, 0.15) is 0 Å². The molecule has 1 heterocycles. The summed E-state index contributed by atoms with van der Waals surface area (Å²) in [5.74, 6) is 4.65. The number of hydrogen-bond acceptors (Lipinski definition) is 5. The van der Waals surface area contributed by atoms with E-state index in [0.29, 0.717) is 5.56 Å². The molecule has 1 aromatic heterocycles. The predicted octanol–water partition coefficient (Wildman–Crippen LogP) is -1.03. The molecule has 0 aliphatic heterocycles. The van der Waals surface area contributed by atoms with Crippen LogP contribution in [0.1, 0.15) is 16.8 Å². The number of hydrogen-bond donors (Lipinski definition) is 4. The molecule has 0 aliphatic rings. The molecule has 0 saturated heterocycles. The second-order valence-electron chi connectivity index (χ2n) is 3.02. The number of anilines is 1. The standard InChI is InChI=1S/C9H13N5O2/c10-7(15)3-5-13-9(16)6-2-1-4-12-8(6)14-11/h1-2,4H,3,5,11H2,(H2,10,15)(H,12,14)(H,13,16). The Labute approximate surface area is 92.2 Å².